The molecule has 4 rings (SSSR count). The minimum atomic E-state index is -3.51. The molecule has 5 heteroatoms. The number of nitrogens with one attached hydrogen (secondary N) is 1. The smallest absolute Gasteiger partial charge is 0.216 e. The average Bonchev–Trinajstić information content (AvgIpc) is 2.11. The summed E-state index contributed by atoms with van der Waals surface area (Å²) in [6.07, 6.45) is 9.25. The second kappa shape index (κ2) is 3.93. The molecule has 98 valence electrons. The predicted molar refractivity (Wildman–Crippen MR) is 66.3 cm³/mol. The lowest BCUT2D eigenvalue weighted by Crippen LogP contribution is -2.47. The molecule has 4 aliphatic carbocycles. The molecule has 4 saturated carbocycles. The Kier molecular flexibility index (Phi) is 2.76. The molecule has 0 aromatic rings. The predicted octanol–water partition coefficient (Wildman–Crippen LogP) is 1.39. The molecular weight excluding hydrogens is 236 g/mol. The Morgan fingerprint density at radius 2 is 1.53 bits per heavy atom. The molecule has 0 radical (unpaired) electrons. The van der Waals surface area contributed by atoms with Crippen molar-refractivity contribution in [1.29, 1.82) is 0 Å². The summed E-state index contributed by atoms with van der Waals surface area (Å²) >= 11 is 0. The molecule has 0 amide bonds. The van der Waals surface area contributed by atoms with Crippen molar-refractivity contribution in [2.75, 3.05) is 6.54 Å². The summed E-state index contributed by atoms with van der Waals surface area (Å²) < 4.78 is 24.2. The lowest BCUT2D eigenvalue weighted by atomic mass is 9.49. The Hall–Kier alpha value is -0.130. The largest absolute Gasteiger partial charge is 0.274 e. The summed E-state index contributed by atoms with van der Waals surface area (Å²) in [5, 5.41) is 4.97. The third kappa shape index (κ3) is 2.51. The van der Waals surface area contributed by atoms with Gasteiger partial charge in [0.05, 0.1) is 0 Å². The third-order valence-electron chi connectivity index (χ3n) is 5.12. The molecule has 0 aliphatic heterocycles. The van der Waals surface area contributed by atoms with Crippen molar-refractivity contribution < 1.29 is 8.42 Å². The van der Waals surface area contributed by atoms with Crippen LogP contribution in [0.5, 0.6) is 0 Å². The van der Waals surface area contributed by atoms with Gasteiger partial charge in [-0.3, -0.25) is 0 Å². The summed E-state index contributed by atoms with van der Waals surface area (Å²) in [4.78, 5) is 0. The number of rotatable bonds is 4. The van der Waals surface area contributed by atoms with Crippen LogP contribution in [0.2, 0.25) is 0 Å². The minimum absolute atomic E-state index is 0.437. The molecule has 4 bridgehead atoms. The van der Waals surface area contributed by atoms with Crippen LogP contribution in [0.4, 0.5) is 0 Å². The quantitative estimate of drug-likeness (QED) is 0.799. The van der Waals surface area contributed by atoms with Gasteiger partial charge in [0.1, 0.15) is 0 Å². The van der Waals surface area contributed by atoms with Crippen LogP contribution in [0.1, 0.15) is 44.9 Å². The van der Waals surface area contributed by atoms with Crippen molar-refractivity contribution >= 4 is 10.2 Å². The fraction of sp³-hybridized carbons (Fsp3) is 1.00. The van der Waals surface area contributed by atoms with Crippen molar-refractivity contribution in [3.8, 4) is 0 Å². The first-order valence-electron chi connectivity index (χ1n) is 6.72. The van der Waals surface area contributed by atoms with E-state index < -0.39 is 10.2 Å². The number of hydrogen-bond donors (Lipinski definition) is 2. The topological polar surface area (TPSA) is 72.2 Å². The highest BCUT2D eigenvalue weighted by atomic mass is 32.2. The summed E-state index contributed by atoms with van der Waals surface area (Å²) in [6, 6.07) is 0. The van der Waals surface area contributed by atoms with Crippen LogP contribution in [0.25, 0.3) is 0 Å². The average molecular weight is 258 g/mol. The summed E-state index contributed by atoms with van der Waals surface area (Å²) in [6.45, 7) is 0.519. The Morgan fingerprint density at radius 1 is 1.06 bits per heavy atom. The zero-order valence-corrected chi connectivity index (χ0v) is 11.0. The van der Waals surface area contributed by atoms with Crippen LogP contribution in [0.3, 0.4) is 0 Å². The highest BCUT2D eigenvalue weighted by Gasteiger charge is 2.50. The van der Waals surface area contributed by atoms with E-state index in [0.29, 0.717) is 12.0 Å². The van der Waals surface area contributed by atoms with Gasteiger partial charge in [-0.25, -0.2) is 9.86 Å². The Morgan fingerprint density at radius 3 is 1.94 bits per heavy atom. The molecule has 4 fully saturated rings. The monoisotopic (exact) mass is 258 g/mol. The van der Waals surface area contributed by atoms with Crippen molar-refractivity contribution in [3.63, 3.8) is 0 Å². The Bertz CT molecular complexity index is 369. The van der Waals surface area contributed by atoms with Gasteiger partial charge in [-0.2, -0.15) is 8.42 Å². The van der Waals surface area contributed by atoms with Gasteiger partial charge in [0, 0.05) is 6.54 Å². The first-order valence-corrected chi connectivity index (χ1v) is 8.26. The van der Waals surface area contributed by atoms with Gasteiger partial charge < -0.3 is 0 Å². The first-order chi connectivity index (χ1) is 7.94. The van der Waals surface area contributed by atoms with Gasteiger partial charge in [0.2, 0.25) is 0 Å². The number of hydrogen-bond acceptors (Lipinski definition) is 2. The molecule has 0 aromatic heterocycles. The lowest BCUT2D eigenvalue weighted by Gasteiger charge is -2.57. The van der Waals surface area contributed by atoms with Gasteiger partial charge in [-0.1, -0.05) is 0 Å². The minimum Gasteiger partial charge on any atom is -0.216 e. The van der Waals surface area contributed by atoms with E-state index in [4.69, 9.17) is 5.14 Å². The normalized spacial score (nSPS) is 44.2. The fourth-order valence-electron chi connectivity index (χ4n) is 5.05. The standard InChI is InChI=1S/C12H22N2O2S/c13-17(15,16)14-2-1-12-6-9-3-10(7-12)5-11(4-9)8-12/h9-11,14H,1-8H2,(H2,13,15,16). The lowest BCUT2D eigenvalue weighted by molar-refractivity contribution is -0.0561. The SMILES string of the molecule is NS(=O)(=O)NCCC12CC3CC(CC(C3)C1)C2. The van der Waals surface area contributed by atoms with Gasteiger partial charge in [-0.15, -0.1) is 0 Å². The van der Waals surface area contributed by atoms with Gasteiger partial charge in [0.15, 0.2) is 0 Å². The number of nitrogens with two attached hydrogens (primary N) is 1. The van der Waals surface area contributed by atoms with E-state index in [2.05, 4.69) is 4.72 Å². The zero-order chi connectivity index (χ0) is 12.1. The fourth-order valence-corrected chi connectivity index (χ4v) is 5.44. The van der Waals surface area contributed by atoms with Crippen molar-refractivity contribution in [2.24, 2.45) is 28.3 Å². The van der Waals surface area contributed by atoms with E-state index in [9.17, 15) is 8.42 Å². The second-order valence-corrected chi connectivity index (χ2v) is 7.99. The molecule has 17 heavy (non-hydrogen) atoms. The van der Waals surface area contributed by atoms with Crippen molar-refractivity contribution in [1.82, 2.24) is 4.72 Å². The molecule has 4 aliphatic rings. The van der Waals surface area contributed by atoms with E-state index in [1.165, 1.54) is 38.5 Å². The molecule has 3 N–H and O–H groups in total. The maximum Gasteiger partial charge on any atom is 0.274 e. The Labute approximate surface area is 104 Å². The van der Waals surface area contributed by atoms with E-state index in [-0.39, 0.29) is 0 Å². The molecule has 4 nitrogen and oxygen atoms in total. The third-order valence-corrected chi connectivity index (χ3v) is 5.73. The molecule has 0 heterocycles. The van der Waals surface area contributed by atoms with E-state index >= 15 is 0 Å². The van der Waals surface area contributed by atoms with Crippen LogP contribution in [0.15, 0.2) is 0 Å². The van der Waals surface area contributed by atoms with Crippen molar-refractivity contribution in [3.05, 3.63) is 0 Å². The summed E-state index contributed by atoms with van der Waals surface area (Å²) in [5.74, 6) is 2.78. The zero-order valence-electron chi connectivity index (χ0n) is 10.2. The molecular formula is C12H22N2O2S. The van der Waals surface area contributed by atoms with Crippen LogP contribution in [-0.2, 0) is 10.2 Å². The molecule has 0 aromatic carbocycles. The molecule has 0 saturated heterocycles. The van der Waals surface area contributed by atoms with Gasteiger partial charge in [-0.05, 0) is 68.1 Å². The van der Waals surface area contributed by atoms with E-state index in [0.717, 1.165) is 24.2 Å². The van der Waals surface area contributed by atoms with Crippen LogP contribution in [0, 0.1) is 23.2 Å². The van der Waals surface area contributed by atoms with Crippen LogP contribution in [-0.4, -0.2) is 15.0 Å². The van der Waals surface area contributed by atoms with Crippen LogP contribution < -0.4 is 9.86 Å². The van der Waals surface area contributed by atoms with E-state index in [1.54, 1.807) is 0 Å². The van der Waals surface area contributed by atoms with E-state index in [1.807, 2.05) is 0 Å². The summed E-state index contributed by atoms with van der Waals surface area (Å²) in [5.41, 5.74) is 0.437. The van der Waals surface area contributed by atoms with Crippen molar-refractivity contribution in [2.45, 2.75) is 44.9 Å². The highest BCUT2D eigenvalue weighted by molar-refractivity contribution is 7.87. The molecule has 0 atom stereocenters. The van der Waals surface area contributed by atoms with Gasteiger partial charge >= 0.3 is 0 Å². The first kappa shape index (κ1) is 11.9. The Balaban J connectivity index is 1.62. The molecule has 0 unspecified atom stereocenters. The maximum absolute atomic E-state index is 10.9. The molecule has 0 spiro atoms. The summed E-state index contributed by atoms with van der Waals surface area (Å²) in [7, 11) is -3.51. The van der Waals surface area contributed by atoms with Crippen LogP contribution >= 0.6 is 0 Å². The second-order valence-electron chi connectivity index (χ2n) is 6.61. The van der Waals surface area contributed by atoms with Gasteiger partial charge in [0.25, 0.3) is 10.2 Å². The highest BCUT2D eigenvalue weighted by Crippen LogP contribution is 2.61. The maximum atomic E-state index is 10.9.